The summed E-state index contributed by atoms with van der Waals surface area (Å²) < 4.78 is 43.6. The fraction of sp³-hybridized carbons (Fsp3) is 0.429. The summed E-state index contributed by atoms with van der Waals surface area (Å²) in [5, 5.41) is 0. The Bertz CT molecular complexity index is 696. The van der Waals surface area contributed by atoms with Crippen LogP contribution in [0.25, 0.3) is 0 Å². The molecule has 6 heteroatoms. The summed E-state index contributed by atoms with van der Waals surface area (Å²) in [6, 6.07) is 15.7. The molecule has 0 saturated carbocycles. The smallest absolute Gasteiger partial charge is 0.375 e. The number of benzene rings is 2. The average molecular weight is 378 g/mol. The molecule has 27 heavy (non-hydrogen) atoms. The van der Waals surface area contributed by atoms with Gasteiger partial charge >= 0.3 is 6.18 Å². The molecule has 0 spiro atoms. The van der Waals surface area contributed by atoms with E-state index in [0.29, 0.717) is 6.54 Å². The number of ether oxygens (including phenoxy) is 1. The Morgan fingerprint density at radius 3 is 2.04 bits per heavy atom. The van der Waals surface area contributed by atoms with E-state index in [1.807, 2.05) is 18.2 Å². The molecule has 0 bridgehead atoms. The molecule has 0 amide bonds. The molecule has 146 valence electrons. The van der Waals surface area contributed by atoms with Crippen LogP contribution in [0.3, 0.4) is 0 Å². The van der Waals surface area contributed by atoms with Crippen LogP contribution in [0.5, 0.6) is 0 Å². The predicted molar refractivity (Wildman–Crippen MR) is 99.4 cm³/mol. The molecule has 0 N–H and O–H groups in total. The minimum Gasteiger partial charge on any atom is -0.375 e. The van der Waals surface area contributed by atoms with Crippen molar-refractivity contribution in [3.05, 3.63) is 71.3 Å². The van der Waals surface area contributed by atoms with E-state index in [1.165, 1.54) is 5.56 Å². The topological polar surface area (TPSA) is 15.7 Å². The lowest BCUT2D eigenvalue weighted by molar-refractivity contribution is -0.137. The molecule has 1 atom stereocenters. The van der Waals surface area contributed by atoms with Crippen LogP contribution in [0.1, 0.15) is 22.8 Å². The molecule has 0 aromatic heterocycles. The second kappa shape index (κ2) is 8.87. The molecule has 1 unspecified atom stereocenters. The lowest BCUT2D eigenvalue weighted by Gasteiger charge is -2.36. The van der Waals surface area contributed by atoms with Crippen molar-refractivity contribution in [1.29, 1.82) is 0 Å². The van der Waals surface area contributed by atoms with E-state index in [1.54, 1.807) is 19.2 Å². The van der Waals surface area contributed by atoms with Crippen molar-refractivity contribution in [2.45, 2.75) is 18.8 Å². The summed E-state index contributed by atoms with van der Waals surface area (Å²) in [4.78, 5) is 4.66. The zero-order valence-electron chi connectivity index (χ0n) is 15.5. The normalized spacial score (nSPS) is 17.8. The third kappa shape index (κ3) is 5.54. The Hall–Kier alpha value is -1.89. The maximum Gasteiger partial charge on any atom is 0.416 e. The second-order valence-corrected chi connectivity index (χ2v) is 6.91. The molecule has 3 nitrogen and oxygen atoms in total. The van der Waals surface area contributed by atoms with Crippen LogP contribution in [0.15, 0.2) is 54.6 Å². The molecule has 2 aromatic rings. The Morgan fingerprint density at radius 1 is 0.889 bits per heavy atom. The number of nitrogens with zero attached hydrogens (tertiary/aromatic N) is 2. The van der Waals surface area contributed by atoms with Crippen LogP contribution in [-0.2, 0) is 17.5 Å². The largest absolute Gasteiger partial charge is 0.416 e. The zero-order chi connectivity index (χ0) is 19.3. The van der Waals surface area contributed by atoms with E-state index in [0.717, 1.165) is 50.4 Å². The van der Waals surface area contributed by atoms with Crippen molar-refractivity contribution in [1.82, 2.24) is 9.80 Å². The van der Waals surface area contributed by atoms with Crippen LogP contribution in [0.4, 0.5) is 13.2 Å². The number of hydrogen-bond acceptors (Lipinski definition) is 3. The summed E-state index contributed by atoms with van der Waals surface area (Å²) in [5.74, 6) is 0. The highest BCUT2D eigenvalue weighted by molar-refractivity contribution is 5.24. The molecular formula is C21H25F3N2O. The van der Waals surface area contributed by atoms with Gasteiger partial charge in [0.1, 0.15) is 0 Å². The van der Waals surface area contributed by atoms with Gasteiger partial charge in [0, 0.05) is 46.4 Å². The second-order valence-electron chi connectivity index (χ2n) is 6.91. The van der Waals surface area contributed by atoms with Gasteiger partial charge in [-0.25, -0.2) is 0 Å². The van der Waals surface area contributed by atoms with Crippen LogP contribution < -0.4 is 0 Å². The van der Waals surface area contributed by atoms with Gasteiger partial charge in [0.2, 0.25) is 0 Å². The molecule has 1 aliphatic heterocycles. The van der Waals surface area contributed by atoms with Crippen molar-refractivity contribution in [2.24, 2.45) is 0 Å². The minimum atomic E-state index is -4.28. The number of hydrogen-bond donors (Lipinski definition) is 0. The molecule has 0 radical (unpaired) electrons. The quantitative estimate of drug-likeness (QED) is 0.749. The molecular weight excluding hydrogens is 353 g/mol. The average Bonchev–Trinajstić information content (AvgIpc) is 2.68. The van der Waals surface area contributed by atoms with Crippen LogP contribution in [-0.4, -0.2) is 49.6 Å². The standard InChI is InChI=1S/C21H25F3N2O/c1-27-20(18-5-3-2-4-6-18)16-26-13-11-25(12-14-26)15-17-7-9-19(10-8-17)21(22,23)24/h2-10,20H,11-16H2,1H3. The van der Waals surface area contributed by atoms with Gasteiger partial charge in [-0.15, -0.1) is 0 Å². The fourth-order valence-corrected chi connectivity index (χ4v) is 3.41. The Balaban J connectivity index is 1.49. The third-order valence-corrected chi connectivity index (χ3v) is 5.03. The van der Waals surface area contributed by atoms with Gasteiger partial charge in [-0.3, -0.25) is 9.80 Å². The van der Waals surface area contributed by atoms with E-state index in [-0.39, 0.29) is 6.10 Å². The molecule has 1 heterocycles. The van der Waals surface area contributed by atoms with Crippen LogP contribution in [0.2, 0.25) is 0 Å². The van der Waals surface area contributed by atoms with Gasteiger partial charge < -0.3 is 4.74 Å². The Labute approximate surface area is 158 Å². The fourth-order valence-electron chi connectivity index (χ4n) is 3.41. The SMILES string of the molecule is COC(CN1CCN(Cc2ccc(C(F)(F)F)cc2)CC1)c1ccccc1. The van der Waals surface area contributed by atoms with E-state index in [9.17, 15) is 13.2 Å². The summed E-state index contributed by atoms with van der Waals surface area (Å²) in [6.07, 6.45) is -4.23. The minimum absolute atomic E-state index is 0.0488. The molecule has 1 saturated heterocycles. The molecule has 1 fully saturated rings. The van der Waals surface area contributed by atoms with Crippen molar-refractivity contribution < 1.29 is 17.9 Å². The van der Waals surface area contributed by atoms with Crippen LogP contribution >= 0.6 is 0 Å². The summed E-state index contributed by atoms with van der Waals surface area (Å²) in [7, 11) is 1.73. The number of methoxy groups -OCH3 is 1. The number of halogens is 3. The highest BCUT2D eigenvalue weighted by Gasteiger charge is 2.30. The molecule has 3 rings (SSSR count). The van der Waals surface area contributed by atoms with Crippen molar-refractivity contribution in [3.63, 3.8) is 0 Å². The van der Waals surface area contributed by atoms with Gasteiger partial charge in [0.15, 0.2) is 0 Å². The van der Waals surface area contributed by atoms with Crippen LogP contribution in [0, 0.1) is 0 Å². The first-order valence-corrected chi connectivity index (χ1v) is 9.14. The van der Waals surface area contributed by atoms with E-state index in [2.05, 4.69) is 21.9 Å². The van der Waals surface area contributed by atoms with Gasteiger partial charge in [-0.05, 0) is 23.3 Å². The summed E-state index contributed by atoms with van der Waals surface area (Å²) in [5.41, 5.74) is 1.49. The first-order valence-electron chi connectivity index (χ1n) is 9.14. The number of piperazine rings is 1. The van der Waals surface area contributed by atoms with Crippen molar-refractivity contribution in [2.75, 3.05) is 39.8 Å². The third-order valence-electron chi connectivity index (χ3n) is 5.03. The summed E-state index contributed by atoms with van der Waals surface area (Å²) >= 11 is 0. The lowest BCUT2D eigenvalue weighted by atomic mass is 10.1. The first-order chi connectivity index (χ1) is 13.0. The maximum absolute atomic E-state index is 12.7. The van der Waals surface area contributed by atoms with Gasteiger partial charge in [0.25, 0.3) is 0 Å². The first kappa shape index (κ1) is 19.9. The molecule has 1 aliphatic rings. The van der Waals surface area contributed by atoms with Gasteiger partial charge in [-0.1, -0.05) is 42.5 Å². The van der Waals surface area contributed by atoms with E-state index in [4.69, 9.17) is 4.74 Å². The van der Waals surface area contributed by atoms with Gasteiger partial charge in [-0.2, -0.15) is 13.2 Å². The number of rotatable bonds is 6. The zero-order valence-corrected chi connectivity index (χ0v) is 15.5. The van der Waals surface area contributed by atoms with Gasteiger partial charge in [0.05, 0.1) is 11.7 Å². The highest BCUT2D eigenvalue weighted by atomic mass is 19.4. The molecule has 2 aromatic carbocycles. The van der Waals surface area contributed by atoms with E-state index < -0.39 is 11.7 Å². The Morgan fingerprint density at radius 2 is 1.48 bits per heavy atom. The monoisotopic (exact) mass is 378 g/mol. The lowest BCUT2D eigenvalue weighted by Crippen LogP contribution is -2.47. The van der Waals surface area contributed by atoms with Crippen molar-refractivity contribution in [3.8, 4) is 0 Å². The summed E-state index contributed by atoms with van der Waals surface area (Å²) in [6.45, 7) is 5.16. The number of alkyl halides is 3. The maximum atomic E-state index is 12.7. The van der Waals surface area contributed by atoms with E-state index >= 15 is 0 Å². The van der Waals surface area contributed by atoms with Crippen molar-refractivity contribution >= 4 is 0 Å². The Kier molecular flexibility index (Phi) is 6.52. The predicted octanol–water partition coefficient (Wildman–Crippen LogP) is 4.21. The highest BCUT2D eigenvalue weighted by Crippen LogP contribution is 2.29. The molecule has 0 aliphatic carbocycles.